The van der Waals surface area contributed by atoms with Gasteiger partial charge in [0.25, 0.3) is 11.8 Å². The molecule has 3 N–H and O–H groups in total. The van der Waals surface area contributed by atoms with Crippen molar-refractivity contribution in [2.24, 2.45) is 0 Å². The number of rotatable bonds is 5. The lowest BCUT2D eigenvalue weighted by atomic mass is 10.00. The van der Waals surface area contributed by atoms with Crippen LogP contribution in [0.2, 0.25) is 0 Å². The third-order valence-corrected chi connectivity index (χ3v) is 5.75. The van der Waals surface area contributed by atoms with Gasteiger partial charge in [-0.05, 0) is 55.8 Å². The summed E-state index contributed by atoms with van der Waals surface area (Å²) in [5.41, 5.74) is 7.92. The number of fused-ring (bicyclic) bond motifs is 1. The zero-order chi connectivity index (χ0) is 23.5. The third kappa shape index (κ3) is 4.31. The summed E-state index contributed by atoms with van der Waals surface area (Å²) in [4.78, 5) is 27.1. The Hall–Kier alpha value is -4.09. The van der Waals surface area contributed by atoms with Crippen LogP contribution in [0.15, 0.2) is 77.8 Å². The molecule has 4 rings (SSSR count). The summed E-state index contributed by atoms with van der Waals surface area (Å²) < 4.78 is 0. The van der Waals surface area contributed by atoms with E-state index in [1.54, 1.807) is 42.4 Å². The van der Waals surface area contributed by atoms with Crippen molar-refractivity contribution in [3.05, 3.63) is 88.9 Å². The lowest BCUT2D eigenvalue weighted by molar-refractivity contribution is -0.130. The molecule has 33 heavy (non-hydrogen) atoms. The zero-order valence-electron chi connectivity index (χ0n) is 18.8. The topological polar surface area (TPSA) is 100 Å². The number of nitriles is 1. The van der Waals surface area contributed by atoms with Crippen molar-refractivity contribution in [2.45, 2.75) is 26.1 Å². The van der Waals surface area contributed by atoms with Crippen molar-refractivity contribution in [1.29, 1.82) is 5.26 Å². The molecule has 0 saturated carbocycles. The summed E-state index contributed by atoms with van der Waals surface area (Å²) in [7, 11) is 1.61. The van der Waals surface area contributed by atoms with Crippen molar-refractivity contribution in [2.75, 3.05) is 13.6 Å². The van der Waals surface area contributed by atoms with Crippen LogP contribution in [-0.4, -0.2) is 47.5 Å². The molecule has 0 radical (unpaired) electrons. The first-order valence-corrected chi connectivity index (χ1v) is 10.8. The SMILES string of the molecule is CNC(=O)c1ccc(C2=C3C=C(C(=O)N(C(C)C)C4C=CC(C#N)=CN4)C=CN3NC2)cc1. The lowest BCUT2D eigenvalue weighted by Gasteiger charge is -2.35. The Balaban J connectivity index is 1.62. The van der Waals surface area contributed by atoms with Gasteiger partial charge in [-0.25, -0.2) is 5.43 Å². The van der Waals surface area contributed by atoms with Crippen LogP contribution >= 0.6 is 0 Å². The molecular weight excluding hydrogens is 416 g/mol. The second-order valence-corrected chi connectivity index (χ2v) is 8.13. The number of carbonyl (C=O) groups is 2. The largest absolute Gasteiger partial charge is 0.367 e. The molecule has 8 heteroatoms. The summed E-state index contributed by atoms with van der Waals surface area (Å²) in [6.07, 6.45) is 10.4. The second kappa shape index (κ2) is 9.18. The van der Waals surface area contributed by atoms with E-state index in [0.717, 1.165) is 16.8 Å². The summed E-state index contributed by atoms with van der Waals surface area (Å²) in [5, 5.41) is 16.7. The first-order valence-electron chi connectivity index (χ1n) is 10.8. The Bertz CT molecular complexity index is 1160. The Labute approximate surface area is 193 Å². The van der Waals surface area contributed by atoms with Gasteiger partial charge in [0.15, 0.2) is 0 Å². The van der Waals surface area contributed by atoms with Crippen molar-refractivity contribution < 1.29 is 9.59 Å². The standard InChI is InChI=1S/C25H26N6O2/c1-16(2)31(23-9-4-17(13-26)14-28-23)25(33)20-10-11-30-22(12-20)21(15-29-30)18-5-7-19(8-6-18)24(32)27-3/h4-12,14,16,23,28-29H,15H2,1-3H3,(H,27,32). The summed E-state index contributed by atoms with van der Waals surface area (Å²) in [6.45, 7) is 4.54. The van der Waals surface area contributed by atoms with Crippen LogP contribution in [0.3, 0.4) is 0 Å². The predicted octanol–water partition coefficient (Wildman–Crippen LogP) is 2.16. The molecule has 0 aliphatic carbocycles. The Morgan fingerprint density at radius 2 is 2.00 bits per heavy atom. The smallest absolute Gasteiger partial charge is 0.256 e. The van der Waals surface area contributed by atoms with Gasteiger partial charge in [-0.2, -0.15) is 5.26 Å². The average Bonchev–Trinajstić information content (AvgIpc) is 3.27. The van der Waals surface area contributed by atoms with Crippen molar-refractivity contribution in [3.63, 3.8) is 0 Å². The van der Waals surface area contributed by atoms with E-state index in [1.165, 1.54) is 0 Å². The predicted molar refractivity (Wildman–Crippen MR) is 126 cm³/mol. The Morgan fingerprint density at radius 1 is 1.24 bits per heavy atom. The number of carbonyl (C=O) groups excluding carboxylic acids is 2. The molecule has 0 saturated heterocycles. The molecule has 1 unspecified atom stereocenters. The van der Waals surface area contributed by atoms with Gasteiger partial charge in [-0.15, -0.1) is 0 Å². The van der Waals surface area contributed by atoms with E-state index >= 15 is 0 Å². The molecule has 2 amide bonds. The average molecular weight is 443 g/mol. The zero-order valence-corrected chi connectivity index (χ0v) is 18.8. The van der Waals surface area contributed by atoms with Crippen LogP contribution in [0.4, 0.5) is 0 Å². The lowest BCUT2D eigenvalue weighted by Crippen LogP contribution is -2.51. The summed E-state index contributed by atoms with van der Waals surface area (Å²) >= 11 is 0. The highest BCUT2D eigenvalue weighted by Crippen LogP contribution is 2.31. The molecule has 1 aromatic carbocycles. The van der Waals surface area contributed by atoms with E-state index in [4.69, 9.17) is 5.26 Å². The Morgan fingerprint density at radius 3 is 2.61 bits per heavy atom. The van der Waals surface area contributed by atoms with Gasteiger partial charge >= 0.3 is 0 Å². The number of allylic oxidation sites excluding steroid dienone is 3. The fourth-order valence-corrected chi connectivity index (χ4v) is 4.02. The maximum Gasteiger partial charge on any atom is 0.256 e. The normalized spacial score (nSPS) is 18.9. The molecular formula is C25H26N6O2. The van der Waals surface area contributed by atoms with E-state index in [9.17, 15) is 9.59 Å². The van der Waals surface area contributed by atoms with Crippen LogP contribution in [0.5, 0.6) is 0 Å². The van der Waals surface area contributed by atoms with Gasteiger partial charge in [-0.1, -0.05) is 12.1 Å². The van der Waals surface area contributed by atoms with Gasteiger partial charge in [-0.3, -0.25) is 14.6 Å². The van der Waals surface area contributed by atoms with Crippen LogP contribution < -0.4 is 16.1 Å². The van der Waals surface area contributed by atoms with Crippen LogP contribution in [0.25, 0.3) is 5.57 Å². The minimum atomic E-state index is -0.339. The molecule has 0 bridgehead atoms. The number of benzene rings is 1. The molecule has 3 aliphatic heterocycles. The van der Waals surface area contributed by atoms with Crippen LogP contribution in [0, 0.1) is 11.3 Å². The molecule has 8 nitrogen and oxygen atoms in total. The van der Waals surface area contributed by atoms with Gasteiger partial charge in [0.05, 0.1) is 11.3 Å². The van der Waals surface area contributed by atoms with Crippen molar-refractivity contribution in [3.8, 4) is 6.07 Å². The molecule has 1 aromatic rings. The maximum atomic E-state index is 13.5. The first-order chi connectivity index (χ1) is 15.9. The highest BCUT2D eigenvalue weighted by molar-refractivity contribution is 5.98. The number of hydrazine groups is 1. The van der Waals surface area contributed by atoms with Gasteiger partial charge < -0.3 is 15.5 Å². The van der Waals surface area contributed by atoms with Gasteiger partial charge in [0.2, 0.25) is 0 Å². The number of nitrogens with one attached hydrogen (secondary N) is 3. The van der Waals surface area contributed by atoms with E-state index in [2.05, 4.69) is 22.1 Å². The van der Waals surface area contributed by atoms with Crippen LogP contribution in [0.1, 0.15) is 29.8 Å². The molecule has 0 fully saturated rings. The van der Waals surface area contributed by atoms with Gasteiger partial charge in [0, 0.05) is 48.7 Å². The summed E-state index contributed by atoms with van der Waals surface area (Å²) in [5.74, 6) is -0.236. The highest BCUT2D eigenvalue weighted by Gasteiger charge is 2.30. The first kappa shape index (κ1) is 22.1. The monoisotopic (exact) mass is 442 g/mol. The number of hydrogen-bond acceptors (Lipinski definition) is 6. The molecule has 0 aromatic heterocycles. The van der Waals surface area contributed by atoms with E-state index < -0.39 is 0 Å². The minimum absolute atomic E-state index is 0.0589. The molecule has 3 aliphatic rings. The van der Waals surface area contributed by atoms with Crippen LogP contribution in [-0.2, 0) is 4.79 Å². The molecule has 3 heterocycles. The van der Waals surface area contributed by atoms with E-state index in [-0.39, 0.29) is 24.0 Å². The summed E-state index contributed by atoms with van der Waals surface area (Å²) in [6, 6.07) is 9.46. The van der Waals surface area contributed by atoms with Crippen molar-refractivity contribution in [1.82, 2.24) is 26.0 Å². The van der Waals surface area contributed by atoms with Gasteiger partial charge in [0.1, 0.15) is 12.2 Å². The quantitative estimate of drug-likeness (QED) is 0.646. The minimum Gasteiger partial charge on any atom is -0.367 e. The Kier molecular flexibility index (Phi) is 6.16. The second-order valence-electron chi connectivity index (χ2n) is 8.13. The fourth-order valence-electron chi connectivity index (χ4n) is 4.02. The fraction of sp³-hybridized carbons (Fsp3) is 0.240. The van der Waals surface area contributed by atoms with E-state index in [0.29, 0.717) is 23.3 Å². The molecule has 0 spiro atoms. The molecule has 168 valence electrons. The third-order valence-electron chi connectivity index (χ3n) is 5.75. The highest BCUT2D eigenvalue weighted by atomic mass is 16.2. The molecule has 1 atom stereocenters. The van der Waals surface area contributed by atoms with Crippen molar-refractivity contribution >= 4 is 17.4 Å². The number of nitrogens with zero attached hydrogens (tertiary/aromatic N) is 3. The number of dihydropyridines is 1. The number of amides is 2. The number of hydrogen-bond donors (Lipinski definition) is 3. The maximum absolute atomic E-state index is 13.5. The van der Waals surface area contributed by atoms with E-state index in [1.807, 2.05) is 49.3 Å².